The van der Waals surface area contributed by atoms with E-state index in [4.69, 9.17) is 0 Å². The third-order valence-electron chi connectivity index (χ3n) is 4.36. The van der Waals surface area contributed by atoms with Crippen LogP contribution in [0.1, 0.15) is 44.9 Å². The first kappa shape index (κ1) is 14.1. The third-order valence-corrected chi connectivity index (χ3v) is 4.36. The van der Waals surface area contributed by atoms with Gasteiger partial charge in [0.1, 0.15) is 0 Å². The van der Waals surface area contributed by atoms with Gasteiger partial charge < -0.3 is 5.32 Å². The number of nitrogens with one attached hydrogen (secondary N) is 1. The van der Waals surface area contributed by atoms with E-state index in [0.29, 0.717) is 6.54 Å². The van der Waals surface area contributed by atoms with Crippen molar-refractivity contribution in [3.05, 3.63) is 0 Å². The van der Waals surface area contributed by atoms with Crippen molar-refractivity contribution in [2.24, 2.45) is 0 Å². The Balaban J connectivity index is 1.87. The Hall–Kier alpha value is -0.290. The van der Waals surface area contributed by atoms with Crippen LogP contribution in [0.3, 0.4) is 0 Å². The Morgan fingerprint density at radius 1 is 1.11 bits per heavy atom. The summed E-state index contributed by atoms with van der Waals surface area (Å²) in [5, 5.41) is 3.42. The summed E-state index contributed by atoms with van der Waals surface area (Å²) in [6.45, 7) is 3.37. The molecule has 0 unspecified atom stereocenters. The van der Waals surface area contributed by atoms with E-state index in [1.165, 1.54) is 19.3 Å². The molecule has 1 saturated carbocycles. The average Bonchev–Trinajstić information content (AvgIpc) is 2.31. The van der Waals surface area contributed by atoms with Crippen molar-refractivity contribution in [2.45, 2.75) is 56.7 Å². The summed E-state index contributed by atoms with van der Waals surface area (Å²) in [6.07, 6.45) is 1.59. The van der Waals surface area contributed by atoms with Gasteiger partial charge in [-0.05, 0) is 25.8 Å². The summed E-state index contributed by atoms with van der Waals surface area (Å²) in [5.41, 5.74) is 0.155. The van der Waals surface area contributed by atoms with Gasteiger partial charge in [-0.1, -0.05) is 19.3 Å². The summed E-state index contributed by atoms with van der Waals surface area (Å²) in [6, 6.07) is 0. The maximum Gasteiger partial charge on any atom is 0.389 e. The second-order valence-electron chi connectivity index (χ2n) is 5.67. The van der Waals surface area contributed by atoms with Crippen LogP contribution in [0.25, 0.3) is 0 Å². The summed E-state index contributed by atoms with van der Waals surface area (Å²) in [5.74, 6) is 0. The van der Waals surface area contributed by atoms with Gasteiger partial charge in [-0.2, -0.15) is 13.2 Å². The molecule has 0 amide bonds. The van der Waals surface area contributed by atoms with E-state index >= 15 is 0 Å². The van der Waals surface area contributed by atoms with Gasteiger partial charge >= 0.3 is 6.18 Å². The zero-order valence-corrected chi connectivity index (χ0v) is 10.9. The van der Waals surface area contributed by atoms with Crippen LogP contribution in [0.15, 0.2) is 0 Å². The molecule has 2 aliphatic rings. The van der Waals surface area contributed by atoms with Gasteiger partial charge in [0.25, 0.3) is 0 Å². The minimum atomic E-state index is -4.01. The topological polar surface area (TPSA) is 15.3 Å². The molecule has 0 bridgehead atoms. The van der Waals surface area contributed by atoms with E-state index in [2.05, 4.69) is 10.2 Å². The molecule has 5 heteroatoms. The number of halogens is 3. The average molecular weight is 264 g/mol. The smallest absolute Gasteiger partial charge is 0.314 e. The predicted molar refractivity (Wildman–Crippen MR) is 65.5 cm³/mol. The lowest BCUT2D eigenvalue weighted by atomic mass is 9.79. The van der Waals surface area contributed by atoms with Gasteiger partial charge in [0.15, 0.2) is 0 Å². The molecule has 0 aromatic heterocycles. The second kappa shape index (κ2) is 5.78. The van der Waals surface area contributed by atoms with Crippen LogP contribution in [0.2, 0.25) is 0 Å². The Kier molecular flexibility index (Phi) is 4.54. The highest BCUT2D eigenvalue weighted by Crippen LogP contribution is 2.35. The monoisotopic (exact) mass is 264 g/mol. The van der Waals surface area contributed by atoms with E-state index in [-0.39, 0.29) is 12.0 Å². The fourth-order valence-electron chi connectivity index (χ4n) is 3.41. The fraction of sp³-hybridized carbons (Fsp3) is 1.00. The molecule has 1 aliphatic carbocycles. The molecular formula is C13H23F3N2. The lowest BCUT2D eigenvalue weighted by Gasteiger charge is -2.50. The molecule has 2 fully saturated rings. The number of nitrogens with zero attached hydrogens (tertiary/aromatic N) is 1. The van der Waals surface area contributed by atoms with Crippen LogP contribution in [0.5, 0.6) is 0 Å². The molecule has 1 saturated heterocycles. The van der Waals surface area contributed by atoms with Crippen molar-refractivity contribution in [3.8, 4) is 0 Å². The van der Waals surface area contributed by atoms with Crippen LogP contribution >= 0.6 is 0 Å². The van der Waals surface area contributed by atoms with Crippen molar-refractivity contribution >= 4 is 0 Å². The lowest BCUT2D eigenvalue weighted by molar-refractivity contribution is -0.137. The van der Waals surface area contributed by atoms with Crippen molar-refractivity contribution in [2.75, 3.05) is 26.2 Å². The van der Waals surface area contributed by atoms with Gasteiger partial charge in [0, 0.05) is 31.6 Å². The van der Waals surface area contributed by atoms with Gasteiger partial charge in [-0.15, -0.1) is 0 Å². The summed E-state index contributed by atoms with van der Waals surface area (Å²) >= 11 is 0. The number of rotatable bonds is 3. The van der Waals surface area contributed by atoms with Crippen molar-refractivity contribution < 1.29 is 13.2 Å². The highest BCUT2D eigenvalue weighted by molar-refractivity contribution is 4.97. The number of hydrogen-bond donors (Lipinski definition) is 1. The van der Waals surface area contributed by atoms with E-state index < -0.39 is 12.6 Å². The lowest BCUT2D eigenvalue weighted by Crippen LogP contribution is -2.62. The van der Waals surface area contributed by atoms with Gasteiger partial charge in [0.2, 0.25) is 0 Å². The van der Waals surface area contributed by atoms with E-state index in [0.717, 1.165) is 32.5 Å². The minimum Gasteiger partial charge on any atom is -0.314 e. The molecule has 1 spiro atoms. The number of hydrogen-bond acceptors (Lipinski definition) is 2. The molecule has 106 valence electrons. The molecule has 0 aromatic carbocycles. The van der Waals surface area contributed by atoms with Crippen LogP contribution in [-0.4, -0.2) is 42.8 Å². The molecule has 1 N–H and O–H groups in total. The van der Waals surface area contributed by atoms with Crippen molar-refractivity contribution in [3.63, 3.8) is 0 Å². The highest BCUT2D eigenvalue weighted by atomic mass is 19.4. The SMILES string of the molecule is FC(F)(F)CCCN1CCNCC12CCCCC2. The van der Waals surface area contributed by atoms with Crippen LogP contribution in [-0.2, 0) is 0 Å². The molecule has 0 aromatic rings. The zero-order chi connectivity index (χ0) is 13.1. The maximum absolute atomic E-state index is 12.2. The first-order valence-electron chi connectivity index (χ1n) is 7.04. The Morgan fingerprint density at radius 3 is 2.50 bits per heavy atom. The number of alkyl halides is 3. The molecule has 2 rings (SSSR count). The van der Waals surface area contributed by atoms with Gasteiger partial charge in [0.05, 0.1) is 0 Å². The largest absolute Gasteiger partial charge is 0.389 e. The van der Waals surface area contributed by atoms with Gasteiger partial charge in [-0.3, -0.25) is 4.90 Å². The molecule has 0 radical (unpaired) electrons. The maximum atomic E-state index is 12.2. The molecule has 1 heterocycles. The third kappa shape index (κ3) is 3.60. The molecule has 0 atom stereocenters. The molecular weight excluding hydrogens is 241 g/mol. The second-order valence-corrected chi connectivity index (χ2v) is 5.67. The summed E-state index contributed by atoms with van der Waals surface area (Å²) < 4.78 is 36.6. The molecule has 18 heavy (non-hydrogen) atoms. The highest BCUT2D eigenvalue weighted by Gasteiger charge is 2.39. The van der Waals surface area contributed by atoms with E-state index in [9.17, 15) is 13.2 Å². The Bertz CT molecular complexity index is 251. The van der Waals surface area contributed by atoms with E-state index in [1.807, 2.05) is 0 Å². The first-order valence-corrected chi connectivity index (χ1v) is 7.04. The summed E-state index contributed by atoms with van der Waals surface area (Å²) in [4.78, 5) is 2.33. The fourth-order valence-corrected chi connectivity index (χ4v) is 3.41. The van der Waals surface area contributed by atoms with Crippen molar-refractivity contribution in [1.29, 1.82) is 0 Å². The molecule has 1 aliphatic heterocycles. The van der Waals surface area contributed by atoms with E-state index in [1.54, 1.807) is 0 Å². The standard InChI is InChI=1S/C13H23F3N2/c14-13(15,16)7-4-9-18-10-8-17-11-12(18)5-2-1-3-6-12/h17H,1-11H2. The Labute approximate surface area is 107 Å². The quantitative estimate of drug-likeness (QED) is 0.843. The molecule has 2 nitrogen and oxygen atoms in total. The van der Waals surface area contributed by atoms with Gasteiger partial charge in [-0.25, -0.2) is 0 Å². The van der Waals surface area contributed by atoms with Crippen molar-refractivity contribution in [1.82, 2.24) is 10.2 Å². The van der Waals surface area contributed by atoms with Crippen LogP contribution in [0, 0.1) is 0 Å². The van der Waals surface area contributed by atoms with Crippen LogP contribution in [0.4, 0.5) is 13.2 Å². The number of piperazine rings is 1. The predicted octanol–water partition coefficient (Wildman–Crippen LogP) is 2.94. The minimum absolute atomic E-state index is 0.155. The Morgan fingerprint density at radius 2 is 1.83 bits per heavy atom. The summed E-state index contributed by atoms with van der Waals surface area (Å²) in [7, 11) is 0. The van der Waals surface area contributed by atoms with Crippen LogP contribution < -0.4 is 5.32 Å². The first-order chi connectivity index (χ1) is 8.52. The normalized spacial score (nSPS) is 25.5. The zero-order valence-electron chi connectivity index (χ0n) is 10.9.